The fourth-order valence-electron chi connectivity index (χ4n) is 2.20. The van der Waals surface area contributed by atoms with Crippen LogP contribution < -0.4 is 14.2 Å². The SMILES string of the molecule is COc1ccccc1Oc1c(N=S(=O)=O)nc(-c2ncccn2)nc1OCC(=O)O. The molecular weight excluding hydrogens is 418 g/mol. The van der Waals surface area contributed by atoms with Crippen molar-refractivity contribution >= 4 is 22.3 Å². The van der Waals surface area contributed by atoms with E-state index < -0.39 is 28.9 Å². The van der Waals surface area contributed by atoms with Gasteiger partial charge in [0, 0.05) is 12.4 Å². The average Bonchev–Trinajstić information content (AvgIpc) is 2.74. The number of carbonyl (C=O) groups is 1. The van der Waals surface area contributed by atoms with Crippen molar-refractivity contribution in [2.75, 3.05) is 13.7 Å². The molecule has 1 N–H and O–H groups in total. The third-order valence-corrected chi connectivity index (χ3v) is 3.68. The van der Waals surface area contributed by atoms with Crippen molar-refractivity contribution in [3.05, 3.63) is 42.7 Å². The third-order valence-electron chi connectivity index (χ3n) is 3.36. The van der Waals surface area contributed by atoms with Gasteiger partial charge in [-0.1, -0.05) is 12.1 Å². The first kappa shape index (κ1) is 20.6. The summed E-state index contributed by atoms with van der Waals surface area (Å²) in [4.78, 5) is 27.1. The molecule has 12 nitrogen and oxygen atoms in total. The van der Waals surface area contributed by atoms with E-state index in [9.17, 15) is 13.2 Å². The Morgan fingerprint density at radius 1 is 1.07 bits per heavy atom. The number of methoxy groups -OCH3 is 1. The summed E-state index contributed by atoms with van der Waals surface area (Å²) < 4.78 is 42.0. The summed E-state index contributed by atoms with van der Waals surface area (Å²) in [6.45, 7) is -0.783. The number of nitrogens with zero attached hydrogens (tertiary/aromatic N) is 5. The number of hydrogen-bond acceptors (Lipinski definition) is 11. The van der Waals surface area contributed by atoms with E-state index in [-0.39, 0.29) is 29.0 Å². The van der Waals surface area contributed by atoms with Crippen molar-refractivity contribution in [2.45, 2.75) is 0 Å². The highest BCUT2D eigenvalue weighted by Gasteiger charge is 2.22. The minimum absolute atomic E-state index is 0.0367. The quantitative estimate of drug-likeness (QED) is 0.554. The van der Waals surface area contributed by atoms with E-state index in [1.54, 1.807) is 24.3 Å². The minimum Gasteiger partial charge on any atom is -0.493 e. The van der Waals surface area contributed by atoms with E-state index in [2.05, 4.69) is 24.3 Å². The second kappa shape index (κ2) is 9.38. The normalized spacial score (nSPS) is 10.2. The van der Waals surface area contributed by atoms with Crippen molar-refractivity contribution in [2.24, 2.45) is 4.36 Å². The Kier molecular flexibility index (Phi) is 6.44. The van der Waals surface area contributed by atoms with E-state index in [1.807, 2.05) is 0 Å². The van der Waals surface area contributed by atoms with Crippen LogP contribution in [0.25, 0.3) is 11.6 Å². The van der Waals surface area contributed by atoms with Crippen LogP contribution in [0.15, 0.2) is 47.1 Å². The maximum absolute atomic E-state index is 11.2. The fourth-order valence-corrected chi connectivity index (χ4v) is 2.46. The molecule has 154 valence electrons. The smallest absolute Gasteiger partial charge is 0.341 e. The molecule has 0 aliphatic heterocycles. The van der Waals surface area contributed by atoms with Gasteiger partial charge in [-0.25, -0.2) is 19.7 Å². The number of carboxylic acids is 1. The highest BCUT2D eigenvalue weighted by Crippen LogP contribution is 2.41. The number of ether oxygens (including phenoxy) is 3. The van der Waals surface area contributed by atoms with Gasteiger partial charge < -0.3 is 19.3 Å². The van der Waals surface area contributed by atoms with Crippen LogP contribution in [0.2, 0.25) is 0 Å². The molecule has 0 unspecified atom stereocenters. The van der Waals surface area contributed by atoms with Gasteiger partial charge in [-0.3, -0.25) is 0 Å². The molecule has 2 heterocycles. The largest absolute Gasteiger partial charge is 0.493 e. The van der Waals surface area contributed by atoms with Crippen molar-refractivity contribution < 1.29 is 32.5 Å². The van der Waals surface area contributed by atoms with Crippen LogP contribution in [0.1, 0.15) is 0 Å². The van der Waals surface area contributed by atoms with Crippen LogP contribution in [0.3, 0.4) is 0 Å². The second-order valence-electron chi connectivity index (χ2n) is 5.32. The summed E-state index contributed by atoms with van der Waals surface area (Å²) in [6, 6.07) is 8.03. The maximum Gasteiger partial charge on any atom is 0.341 e. The molecule has 0 bridgehead atoms. The number of aliphatic carboxylic acids is 1. The number of aromatic nitrogens is 4. The van der Waals surface area contributed by atoms with Gasteiger partial charge in [0.15, 0.2) is 23.9 Å². The molecule has 3 aromatic rings. The van der Waals surface area contributed by atoms with E-state index in [4.69, 9.17) is 19.3 Å². The van der Waals surface area contributed by atoms with Gasteiger partial charge in [0.1, 0.15) is 0 Å². The van der Waals surface area contributed by atoms with E-state index >= 15 is 0 Å². The number of rotatable bonds is 8. The van der Waals surface area contributed by atoms with Gasteiger partial charge in [0.05, 0.1) is 7.11 Å². The highest BCUT2D eigenvalue weighted by molar-refractivity contribution is 7.61. The second-order valence-corrected chi connectivity index (χ2v) is 5.94. The average molecular weight is 431 g/mol. The summed E-state index contributed by atoms with van der Waals surface area (Å²) in [7, 11) is -1.51. The van der Waals surface area contributed by atoms with Crippen LogP contribution in [0.5, 0.6) is 23.1 Å². The first-order valence-corrected chi connectivity index (χ1v) is 9.17. The minimum atomic E-state index is -2.92. The lowest BCUT2D eigenvalue weighted by atomic mass is 10.3. The van der Waals surface area contributed by atoms with Crippen molar-refractivity contribution in [1.82, 2.24) is 19.9 Å². The zero-order valence-electron chi connectivity index (χ0n) is 15.3. The number of carboxylic acid groups (broad SMARTS) is 1. The van der Waals surface area contributed by atoms with Crippen molar-refractivity contribution in [3.63, 3.8) is 0 Å². The van der Waals surface area contributed by atoms with Gasteiger partial charge in [-0.2, -0.15) is 13.4 Å². The Balaban J connectivity index is 2.20. The zero-order chi connectivity index (χ0) is 21.5. The Hall–Kier alpha value is -4.13. The Bertz CT molecular complexity index is 1190. The first-order chi connectivity index (χ1) is 14.5. The lowest BCUT2D eigenvalue weighted by Gasteiger charge is -2.14. The molecule has 30 heavy (non-hydrogen) atoms. The molecule has 0 saturated heterocycles. The molecule has 0 aliphatic carbocycles. The molecule has 0 atom stereocenters. The predicted octanol–water partition coefficient (Wildman–Crippen LogP) is 1.89. The summed E-state index contributed by atoms with van der Waals surface area (Å²) in [5, 5.41) is 8.96. The molecule has 1 aromatic carbocycles. The number of hydrogen-bond donors (Lipinski definition) is 1. The molecule has 0 aliphatic rings. The van der Waals surface area contributed by atoms with Crippen molar-refractivity contribution in [1.29, 1.82) is 0 Å². The van der Waals surface area contributed by atoms with Crippen LogP contribution in [-0.2, 0) is 15.3 Å². The Morgan fingerprint density at radius 2 is 1.77 bits per heavy atom. The standard InChI is InChI=1S/C17H13N5O7S/c1-27-10-5-2-3-6-11(10)29-13-14(22-30(25)26)20-16(15-18-7-4-8-19-15)21-17(13)28-9-12(23)24/h2-8H,9H2,1H3,(H,23,24). The molecule has 0 amide bonds. The lowest BCUT2D eigenvalue weighted by Crippen LogP contribution is -2.12. The van der Waals surface area contributed by atoms with Gasteiger partial charge in [0.25, 0.3) is 5.88 Å². The van der Waals surface area contributed by atoms with Crippen LogP contribution in [0, 0.1) is 0 Å². The Morgan fingerprint density at radius 3 is 2.40 bits per heavy atom. The van der Waals surface area contributed by atoms with Gasteiger partial charge in [0.2, 0.25) is 17.4 Å². The Labute approximate surface area is 170 Å². The number of para-hydroxylation sites is 2. The lowest BCUT2D eigenvalue weighted by molar-refractivity contribution is -0.139. The summed E-state index contributed by atoms with van der Waals surface area (Å²) in [6.07, 6.45) is 2.84. The fraction of sp³-hybridized carbons (Fsp3) is 0.118. The van der Waals surface area contributed by atoms with Gasteiger partial charge in [-0.15, -0.1) is 4.36 Å². The van der Waals surface area contributed by atoms with Crippen LogP contribution >= 0.6 is 0 Å². The maximum atomic E-state index is 11.2. The zero-order valence-corrected chi connectivity index (χ0v) is 16.1. The van der Waals surface area contributed by atoms with E-state index in [0.717, 1.165) is 0 Å². The van der Waals surface area contributed by atoms with Crippen LogP contribution in [0.4, 0.5) is 5.82 Å². The molecule has 0 fully saturated rings. The monoisotopic (exact) mass is 431 g/mol. The van der Waals surface area contributed by atoms with Crippen LogP contribution in [-0.4, -0.2) is 53.1 Å². The summed E-state index contributed by atoms with van der Waals surface area (Å²) in [5.74, 6) is -2.06. The van der Waals surface area contributed by atoms with Gasteiger partial charge in [-0.05, 0) is 18.2 Å². The third kappa shape index (κ3) is 5.02. The topological polar surface area (TPSA) is 163 Å². The van der Waals surface area contributed by atoms with Gasteiger partial charge >= 0.3 is 16.5 Å². The summed E-state index contributed by atoms with van der Waals surface area (Å²) in [5.41, 5.74) is 0. The molecular formula is C17H13N5O7S. The molecule has 3 rings (SSSR count). The van der Waals surface area contributed by atoms with E-state index in [1.165, 1.54) is 25.6 Å². The number of benzene rings is 1. The molecule has 0 saturated carbocycles. The summed E-state index contributed by atoms with van der Waals surface area (Å²) >= 11 is 0. The molecule has 0 radical (unpaired) electrons. The molecule has 13 heteroatoms. The van der Waals surface area contributed by atoms with Crippen molar-refractivity contribution in [3.8, 4) is 34.8 Å². The molecule has 0 spiro atoms. The highest BCUT2D eigenvalue weighted by atomic mass is 32.2. The molecule has 2 aromatic heterocycles. The predicted molar refractivity (Wildman–Crippen MR) is 100 cm³/mol. The first-order valence-electron chi connectivity index (χ1n) is 8.14. The van der Waals surface area contributed by atoms with E-state index in [0.29, 0.717) is 5.75 Å².